The fourth-order valence-corrected chi connectivity index (χ4v) is 3.61. The molecule has 3 N–H and O–H groups in total. The quantitative estimate of drug-likeness (QED) is 0.506. The van der Waals surface area contributed by atoms with Crippen molar-refractivity contribution in [2.24, 2.45) is 12.8 Å². The summed E-state index contributed by atoms with van der Waals surface area (Å²) < 4.78 is 1.82. The topological polar surface area (TPSA) is 89.6 Å². The highest BCUT2D eigenvalue weighted by Gasteiger charge is 2.16. The molecule has 0 aliphatic rings. The van der Waals surface area contributed by atoms with Crippen molar-refractivity contribution in [2.75, 3.05) is 0 Å². The van der Waals surface area contributed by atoms with E-state index < -0.39 is 5.91 Å². The first-order chi connectivity index (χ1) is 13.0. The van der Waals surface area contributed by atoms with Crippen molar-refractivity contribution in [1.82, 2.24) is 19.7 Å². The summed E-state index contributed by atoms with van der Waals surface area (Å²) in [7, 11) is 1.90. The Balaban J connectivity index is 1.84. The molecule has 0 unspecified atom stereocenters. The van der Waals surface area contributed by atoms with Crippen LogP contribution in [0.1, 0.15) is 15.9 Å². The van der Waals surface area contributed by atoms with Gasteiger partial charge in [0.05, 0.1) is 34.0 Å². The normalized spacial score (nSPS) is 11.6. The molecule has 0 atom stereocenters. The number of hydrogen-bond donors (Lipinski definition) is 2. The van der Waals surface area contributed by atoms with E-state index in [2.05, 4.69) is 10.1 Å². The number of benzene rings is 2. The Hall–Kier alpha value is -3.67. The molecule has 0 fully saturated rings. The number of hydrogen-bond acceptors (Lipinski definition) is 3. The zero-order valence-corrected chi connectivity index (χ0v) is 14.9. The number of amides is 1. The summed E-state index contributed by atoms with van der Waals surface area (Å²) in [4.78, 5) is 20.3. The van der Waals surface area contributed by atoms with Crippen LogP contribution in [0.5, 0.6) is 0 Å². The van der Waals surface area contributed by atoms with Crippen LogP contribution in [-0.4, -0.2) is 25.7 Å². The van der Waals surface area contributed by atoms with Crippen LogP contribution in [0.2, 0.25) is 0 Å². The van der Waals surface area contributed by atoms with Gasteiger partial charge in [0.15, 0.2) is 0 Å². The number of carbonyl (C=O) groups excluding carboxylic acids is 1. The smallest absolute Gasteiger partial charge is 0.250 e. The SMILES string of the molecule is Cc1ccc2c(c1)[nH]c1c(C(N)=O)cc(-c3ccc4cnn(C)c4c3)nc12. The predicted octanol–water partition coefficient (Wildman–Crippen LogP) is 3.68. The Morgan fingerprint density at radius 1 is 1.15 bits per heavy atom. The van der Waals surface area contributed by atoms with Crippen LogP contribution < -0.4 is 5.73 Å². The van der Waals surface area contributed by atoms with E-state index >= 15 is 0 Å². The maximum Gasteiger partial charge on any atom is 0.250 e. The van der Waals surface area contributed by atoms with E-state index in [0.29, 0.717) is 16.8 Å². The molecular weight excluding hydrogens is 338 g/mol. The summed E-state index contributed by atoms with van der Waals surface area (Å²) in [5.74, 6) is -0.478. The van der Waals surface area contributed by atoms with Gasteiger partial charge in [0, 0.05) is 28.9 Å². The Bertz CT molecular complexity index is 1380. The third-order valence-electron chi connectivity index (χ3n) is 5.02. The number of nitrogens with zero attached hydrogens (tertiary/aromatic N) is 3. The lowest BCUT2D eigenvalue weighted by Crippen LogP contribution is -2.12. The molecule has 0 aliphatic carbocycles. The lowest BCUT2D eigenvalue weighted by Gasteiger charge is -2.06. The average molecular weight is 355 g/mol. The Labute approximate surface area is 154 Å². The Morgan fingerprint density at radius 3 is 2.81 bits per heavy atom. The molecule has 3 heterocycles. The van der Waals surface area contributed by atoms with E-state index in [1.54, 1.807) is 6.07 Å². The van der Waals surface area contributed by atoms with Crippen molar-refractivity contribution in [3.63, 3.8) is 0 Å². The second-order valence-electron chi connectivity index (χ2n) is 6.86. The van der Waals surface area contributed by atoms with Gasteiger partial charge in [-0.25, -0.2) is 4.98 Å². The molecule has 1 amide bonds. The predicted molar refractivity (Wildman–Crippen MR) is 107 cm³/mol. The monoisotopic (exact) mass is 355 g/mol. The van der Waals surface area contributed by atoms with E-state index in [1.807, 2.05) is 61.2 Å². The van der Waals surface area contributed by atoms with Crippen LogP contribution >= 0.6 is 0 Å². The van der Waals surface area contributed by atoms with Gasteiger partial charge >= 0.3 is 0 Å². The zero-order valence-electron chi connectivity index (χ0n) is 14.9. The minimum Gasteiger partial charge on any atom is -0.366 e. The number of pyridine rings is 1. The summed E-state index contributed by atoms with van der Waals surface area (Å²) in [6.45, 7) is 2.03. The van der Waals surface area contributed by atoms with E-state index in [9.17, 15) is 4.79 Å². The van der Waals surface area contributed by atoms with Gasteiger partial charge in [-0.15, -0.1) is 0 Å². The third-order valence-corrected chi connectivity index (χ3v) is 5.02. The maximum absolute atomic E-state index is 12.1. The van der Waals surface area contributed by atoms with Crippen molar-refractivity contribution >= 4 is 38.7 Å². The fourth-order valence-electron chi connectivity index (χ4n) is 3.61. The first-order valence-corrected chi connectivity index (χ1v) is 8.66. The van der Waals surface area contributed by atoms with Gasteiger partial charge in [0.2, 0.25) is 0 Å². The molecular formula is C21H17N5O. The largest absolute Gasteiger partial charge is 0.366 e. The van der Waals surface area contributed by atoms with Gasteiger partial charge in [-0.05, 0) is 30.7 Å². The zero-order chi connectivity index (χ0) is 18.7. The number of carbonyl (C=O) groups is 1. The lowest BCUT2D eigenvalue weighted by molar-refractivity contribution is 0.100. The molecule has 2 aromatic carbocycles. The van der Waals surface area contributed by atoms with Crippen LogP contribution in [0.25, 0.3) is 44.1 Å². The van der Waals surface area contributed by atoms with Crippen molar-refractivity contribution in [1.29, 1.82) is 0 Å². The van der Waals surface area contributed by atoms with Gasteiger partial charge in [0.25, 0.3) is 5.91 Å². The highest BCUT2D eigenvalue weighted by atomic mass is 16.1. The molecule has 6 nitrogen and oxygen atoms in total. The molecule has 0 spiro atoms. The number of nitrogens with one attached hydrogen (secondary N) is 1. The number of H-pyrrole nitrogens is 1. The first-order valence-electron chi connectivity index (χ1n) is 8.66. The minimum absolute atomic E-state index is 0.439. The number of fused-ring (bicyclic) bond motifs is 4. The summed E-state index contributed by atoms with van der Waals surface area (Å²) in [6, 6.07) is 13.9. The third kappa shape index (κ3) is 2.30. The van der Waals surface area contributed by atoms with Gasteiger partial charge in [-0.1, -0.05) is 24.3 Å². The van der Waals surface area contributed by atoms with Crippen LogP contribution in [-0.2, 0) is 7.05 Å². The Kier molecular flexibility index (Phi) is 3.12. The first kappa shape index (κ1) is 15.6. The molecule has 0 aliphatic heterocycles. The number of aromatic nitrogens is 4. The fraction of sp³-hybridized carbons (Fsp3) is 0.0952. The average Bonchev–Trinajstić information content (AvgIpc) is 3.20. The molecule has 5 aromatic rings. The second-order valence-corrected chi connectivity index (χ2v) is 6.86. The molecule has 0 bridgehead atoms. The number of aryl methyl sites for hydroxylation is 2. The molecule has 3 aromatic heterocycles. The maximum atomic E-state index is 12.1. The number of rotatable bonds is 2. The molecule has 0 saturated carbocycles. The van der Waals surface area contributed by atoms with Gasteiger partial charge in [-0.3, -0.25) is 9.48 Å². The standard InChI is InChI=1S/C21H17N5O/c1-11-3-6-14-17(7-11)25-20-15(21(22)27)9-16(24-19(14)20)12-4-5-13-10-23-26(2)18(13)8-12/h3-10,25H,1-2H3,(H2,22,27). The molecule has 0 saturated heterocycles. The lowest BCUT2D eigenvalue weighted by atomic mass is 10.1. The van der Waals surface area contributed by atoms with Crippen LogP contribution in [0.4, 0.5) is 0 Å². The van der Waals surface area contributed by atoms with Gasteiger partial charge < -0.3 is 10.7 Å². The summed E-state index contributed by atoms with van der Waals surface area (Å²) in [6.07, 6.45) is 1.83. The highest BCUT2D eigenvalue weighted by Crippen LogP contribution is 2.31. The van der Waals surface area contributed by atoms with Crippen molar-refractivity contribution < 1.29 is 4.79 Å². The van der Waals surface area contributed by atoms with Crippen LogP contribution in [0, 0.1) is 6.92 Å². The highest BCUT2D eigenvalue weighted by molar-refractivity contribution is 6.14. The van der Waals surface area contributed by atoms with Gasteiger partial charge in [0.1, 0.15) is 0 Å². The van der Waals surface area contributed by atoms with Crippen molar-refractivity contribution in [3.05, 3.63) is 59.8 Å². The summed E-state index contributed by atoms with van der Waals surface area (Å²) in [5.41, 5.74) is 12.2. The molecule has 132 valence electrons. The summed E-state index contributed by atoms with van der Waals surface area (Å²) >= 11 is 0. The van der Waals surface area contributed by atoms with E-state index in [0.717, 1.165) is 38.4 Å². The minimum atomic E-state index is -0.478. The van der Waals surface area contributed by atoms with E-state index in [1.165, 1.54) is 0 Å². The van der Waals surface area contributed by atoms with Crippen LogP contribution in [0.15, 0.2) is 48.7 Å². The molecule has 6 heteroatoms. The number of nitrogens with two attached hydrogens (primary N) is 1. The molecule has 5 rings (SSSR count). The van der Waals surface area contributed by atoms with Crippen molar-refractivity contribution in [2.45, 2.75) is 6.92 Å². The number of aromatic amines is 1. The molecule has 0 radical (unpaired) electrons. The Morgan fingerprint density at radius 2 is 2.00 bits per heavy atom. The number of primary amides is 1. The summed E-state index contributed by atoms with van der Waals surface area (Å²) in [5, 5.41) is 6.31. The van der Waals surface area contributed by atoms with Crippen LogP contribution in [0.3, 0.4) is 0 Å². The molecule has 27 heavy (non-hydrogen) atoms. The van der Waals surface area contributed by atoms with E-state index in [4.69, 9.17) is 10.7 Å². The van der Waals surface area contributed by atoms with E-state index in [-0.39, 0.29) is 0 Å². The van der Waals surface area contributed by atoms with Gasteiger partial charge in [-0.2, -0.15) is 5.10 Å². The van der Waals surface area contributed by atoms with Crippen molar-refractivity contribution in [3.8, 4) is 11.3 Å². The second kappa shape index (κ2) is 5.41.